The number of nitrogens with zero attached hydrogens (tertiary/aromatic N) is 4. The van der Waals surface area contributed by atoms with Crippen molar-refractivity contribution in [1.82, 2.24) is 14.7 Å². The van der Waals surface area contributed by atoms with Gasteiger partial charge in [-0.25, -0.2) is 4.68 Å². The molecule has 0 radical (unpaired) electrons. The van der Waals surface area contributed by atoms with Crippen LogP contribution in [0.3, 0.4) is 0 Å². The molecule has 0 atom stereocenters. The van der Waals surface area contributed by atoms with Gasteiger partial charge in [-0.1, -0.05) is 6.08 Å². The van der Waals surface area contributed by atoms with E-state index in [0.717, 1.165) is 31.6 Å². The molecule has 0 unspecified atom stereocenters. The van der Waals surface area contributed by atoms with Crippen LogP contribution in [0.1, 0.15) is 18.6 Å². The Hall–Kier alpha value is -2.83. The van der Waals surface area contributed by atoms with Crippen molar-refractivity contribution in [1.29, 1.82) is 0 Å². The highest BCUT2D eigenvalue weighted by molar-refractivity contribution is 5.76. The summed E-state index contributed by atoms with van der Waals surface area (Å²) in [6.07, 6.45) is 7.13. The van der Waals surface area contributed by atoms with Gasteiger partial charge in [-0.3, -0.25) is 9.59 Å². The number of aromatic nitrogens is 2. The highest BCUT2D eigenvalue weighted by atomic mass is 16.3. The summed E-state index contributed by atoms with van der Waals surface area (Å²) in [7, 11) is 0. The first-order valence-corrected chi connectivity index (χ1v) is 8.40. The molecule has 0 aliphatic carbocycles. The van der Waals surface area contributed by atoms with Crippen LogP contribution >= 0.6 is 0 Å². The molecule has 7 heteroatoms. The molecule has 25 heavy (non-hydrogen) atoms. The Morgan fingerprint density at radius 1 is 1.40 bits per heavy atom. The molecule has 1 aliphatic heterocycles. The van der Waals surface area contributed by atoms with E-state index >= 15 is 0 Å². The second kappa shape index (κ2) is 7.83. The maximum atomic E-state index is 12.5. The first-order valence-electron chi connectivity index (χ1n) is 8.40. The lowest BCUT2D eigenvalue weighted by Gasteiger charge is -2.21. The van der Waals surface area contributed by atoms with Gasteiger partial charge in [-0.2, -0.15) is 5.10 Å². The molecule has 0 N–H and O–H groups in total. The van der Waals surface area contributed by atoms with E-state index in [1.165, 1.54) is 4.68 Å². The van der Waals surface area contributed by atoms with Crippen molar-refractivity contribution in [3.05, 3.63) is 59.4 Å². The van der Waals surface area contributed by atoms with Crippen molar-refractivity contribution in [3.63, 3.8) is 0 Å². The second-order valence-corrected chi connectivity index (χ2v) is 6.05. The Bertz CT molecular complexity index is 776. The molecule has 2 aromatic heterocycles. The molecule has 0 saturated carbocycles. The average Bonchev–Trinajstić information content (AvgIpc) is 3.29. The second-order valence-electron chi connectivity index (χ2n) is 6.05. The number of carbonyl (C=O) groups is 1. The van der Waals surface area contributed by atoms with Crippen molar-refractivity contribution < 1.29 is 9.21 Å². The summed E-state index contributed by atoms with van der Waals surface area (Å²) in [5.74, 6) is 0.472. The summed E-state index contributed by atoms with van der Waals surface area (Å²) < 4.78 is 6.48. The van der Waals surface area contributed by atoms with Crippen molar-refractivity contribution in [3.8, 4) is 0 Å². The number of rotatable bonds is 7. The minimum Gasteiger partial charge on any atom is -0.467 e. The lowest BCUT2D eigenvalue weighted by Crippen LogP contribution is -2.37. The van der Waals surface area contributed by atoms with Gasteiger partial charge in [0.1, 0.15) is 12.3 Å². The first kappa shape index (κ1) is 17.0. The van der Waals surface area contributed by atoms with Crippen molar-refractivity contribution in [2.75, 3.05) is 24.5 Å². The molecular weight excluding hydrogens is 320 g/mol. The van der Waals surface area contributed by atoms with Gasteiger partial charge in [0.25, 0.3) is 5.56 Å². The molecule has 1 aliphatic rings. The molecule has 1 saturated heterocycles. The van der Waals surface area contributed by atoms with Gasteiger partial charge in [0.05, 0.1) is 24.7 Å². The first-order chi connectivity index (χ1) is 12.2. The molecule has 1 amide bonds. The van der Waals surface area contributed by atoms with Crippen LogP contribution in [-0.4, -0.2) is 40.2 Å². The lowest BCUT2D eigenvalue weighted by atomic mass is 10.3. The summed E-state index contributed by atoms with van der Waals surface area (Å²) >= 11 is 0. The molecule has 2 aromatic rings. The molecule has 3 rings (SSSR count). The van der Waals surface area contributed by atoms with E-state index in [9.17, 15) is 9.59 Å². The molecule has 3 heterocycles. The fourth-order valence-electron chi connectivity index (χ4n) is 2.92. The Morgan fingerprint density at radius 2 is 2.20 bits per heavy atom. The maximum absolute atomic E-state index is 12.5. The topological polar surface area (TPSA) is 71.6 Å². The van der Waals surface area contributed by atoms with Crippen LogP contribution in [0.5, 0.6) is 0 Å². The number of carbonyl (C=O) groups excluding carboxylic acids is 1. The van der Waals surface area contributed by atoms with Crippen LogP contribution in [-0.2, 0) is 17.9 Å². The van der Waals surface area contributed by atoms with E-state index in [-0.39, 0.29) is 18.0 Å². The Kier molecular flexibility index (Phi) is 5.33. The number of hydrogen-bond acceptors (Lipinski definition) is 5. The molecule has 0 spiro atoms. The highest BCUT2D eigenvalue weighted by Gasteiger charge is 2.17. The minimum atomic E-state index is -0.269. The molecule has 132 valence electrons. The molecule has 0 bridgehead atoms. The third-order valence-corrected chi connectivity index (χ3v) is 4.24. The third kappa shape index (κ3) is 4.17. The quantitative estimate of drug-likeness (QED) is 0.716. The normalized spacial score (nSPS) is 13.8. The van der Waals surface area contributed by atoms with Gasteiger partial charge < -0.3 is 14.2 Å². The van der Waals surface area contributed by atoms with Crippen LogP contribution in [0.2, 0.25) is 0 Å². The van der Waals surface area contributed by atoms with Gasteiger partial charge in [0.15, 0.2) is 0 Å². The summed E-state index contributed by atoms with van der Waals surface area (Å²) in [6.45, 7) is 6.17. The summed E-state index contributed by atoms with van der Waals surface area (Å²) in [6, 6.07) is 5.13. The molecular formula is C18H22N4O3. The van der Waals surface area contributed by atoms with Crippen LogP contribution < -0.4 is 10.5 Å². The van der Waals surface area contributed by atoms with E-state index in [4.69, 9.17) is 4.42 Å². The van der Waals surface area contributed by atoms with Gasteiger partial charge in [-0.05, 0) is 25.0 Å². The standard InChI is InChI=1S/C18H22N4O3/c1-2-7-21(13-16-6-5-10-25-16)18(24)14-22-17(23)11-15(12-19-22)20-8-3-4-9-20/h2,5-6,10-12H,1,3-4,7-9,13-14H2. The Balaban J connectivity index is 1.69. The minimum absolute atomic E-state index is 0.104. The fourth-order valence-corrected chi connectivity index (χ4v) is 2.92. The average molecular weight is 342 g/mol. The van der Waals surface area contributed by atoms with Gasteiger partial charge in [-0.15, -0.1) is 6.58 Å². The number of amides is 1. The van der Waals surface area contributed by atoms with E-state index in [0.29, 0.717) is 18.8 Å². The van der Waals surface area contributed by atoms with Crippen LogP contribution in [0, 0.1) is 0 Å². The number of anilines is 1. The Labute approximate surface area is 146 Å². The van der Waals surface area contributed by atoms with Crippen LogP contribution in [0.4, 0.5) is 5.69 Å². The van der Waals surface area contributed by atoms with Crippen molar-refractivity contribution in [2.45, 2.75) is 25.9 Å². The number of hydrogen-bond donors (Lipinski definition) is 0. The summed E-state index contributed by atoms with van der Waals surface area (Å²) in [5.41, 5.74) is 0.555. The zero-order valence-electron chi connectivity index (χ0n) is 14.1. The monoisotopic (exact) mass is 342 g/mol. The predicted molar refractivity (Wildman–Crippen MR) is 94.3 cm³/mol. The smallest absolute Gasteiger partial charge is 0.269 e. The lowest BCUT2D eigenvalue weighted by molar-refractivity contribution is -0.132. The third-order valence-electron chi connectivity index (χ3n) is 4.24. The predicted octanol–water partition coefficient (Wildman–Crippen LogP) is 1.65. The van der Waals surface area contributed by atoms with Crippen LogP contribution in [0.25, 0.3) is 0 Å². The zero-order valence-corrected chi connectivity index (χ0v) is 14.1. The molecule has 7 nitrogen and oxygen atoms in total. The maximum Gasteiger partial charge on any atom is 0.269 e. The summed E-state index contributed by atoms with van der Waals surface area (Å²) in [4.78, 5) is 28.6. The van der Waals surface area contributed by atoms with Crippen molar-refractivity contribution in [2.24, 2.45) is 0 Å². The van der Waals surface area contributed by atoms with Crippen molar-refractivity contribution >= 4 is 11.6 Å². The fraction of sp³-hybridized carbons (Fsp3) is 0.389. The van der Waals surface area contributed by atoms with Crippen LogP contribution in [0.15, 0.2) is 52.5 Å². The summed E-state index contributed by atoms with van der Waals surface area (Å²) in [5, 5.41) is 4.17. The van der Waals surface area contributed by atoms with E-state index < -0.39 is 0 Å². The van der Waals surface area contributed by atoms with Gasteiger partial charge in [0.2, 0.25) is 5.91 Å². The largest absolute Gasteiger partial charge is 0.467 e. The Morgan fingerprint density at radius 3 is 2.84 bits per heavy atom. The SMILES string of the molecule is C=CCN(Cc1ccco1)C(=O)Cn1ncc(N2CCCC2)cc1=O. The number of furan rings is 1. The van der Waals surface area contributed by atoms with E-state index in [1.807, 2.05) is 0 Å². The van der Waals surface area contributed by atoms with Gasteiger partial charge in [0, 0.05) is 25.7 Å². The highest BCUT2D eigenvalue weighted by Crippen LogP contribution is 2.16. The van der Waals surface area contributed by atoms with E-state index in [1.54, 1.807) is 41.6 Å². The molecule has 0 aromatic carbocycles. The zero-order chi connectivity index (χ0) is 17.6. The molecule has 1 fully saturated rings. The van der Waals surface area contributed by atoms with E-state index in [2.05, 4.69) is 16.6 Å². The van der Waals surface area contributed by atoms with Gasteiger partial charge >= 0.3 is 0 Å².